The molecule has 0 aromatic carbocycles. The number of nitrogens with zero attached hydrogens (tertiary/aromatic N) is 1. The van der Waals surface area contributed by atoms with E-state index in [1.807, 2.05) is 13.8 Å². The highest BCUT2D eigenvalue weighted by Gasteiger charge is 2.35. The van der Waals surface area contributed by atoms with Gasteiger partial charge in [0.15, 0.2) is 0 Å². The van der Waals surface area contributed by atoms with Crippen molar-refractivity contribution in [3.05, 3.63) is 0 Å². The lowest BCUT2D eigenvalue weighted by atomic mass is 9.78. The van der Waals surface area contributed by atoms with E-state index in [0.717, 1.165) is 18.9 Å². The van der Waals surface area contributed by atoms with Crippen molar-refractivity contribution in [1.29, 1.82) is 0 Å². The zero-order valence-corrected chi connectivity index (χ0v) is 12.0. The number of piperidine rings is 1. The molecule has 3 nitrogen and oxygen atoms in total. The second-order valence-corrected chi connectivity index (χ2v) is 6.83. The zero-order chi connectivity index (χ0) is 13.2. The highest BCUT2D eigenvalue weighted by atomic mass is 16.2. The highest BCUT2D eigenvalue weighted by Crippen LogP contribution is 2.35. The maximum atomic E-state index is 12.4. The lowest BCUT2D eigenvalue weighted by Crippen LogP contribution is -2.50. The molecular formula is C15H28N2O. The Hall–Kier alpha value is -0.570. The van der Waals surface area contributed by atoms with Crippen molar-refractivity contribution in [3.8, 4) is 0 Å². The standard InChI is InChI=1S/C15H28N2O/c1-15(2,16)10-9-14(18)17-11-5-7-12-6-3-4-8-13(12)17/h12-13H,3-11,16H2,1-2H3. The van der Waals surface area contributed by atoms with Crippen LogP contribution in [0.5, 0.6) is 0 Å². The van der Waals surface area contributed by atoms with Gasteiger partial charge in [0, 0.05) is 24.5 Å². The van der Waals surface area contributed by atoms with Gasteiger partial charge in [-0.15, -0.1) is 0 Å². The number of carbonyl (C=O) groups is 1. The zero-order valence-electron chi connectivity index (χ0n) is 12.0. The molecule has 2 atom stereocenters. The topological polar surface area (TPSA) is 46.3 Å². The third-order valence-electron chi connectivity index (χ3n) is 4.55. The first-order valence-corrected chi connectivity index (χ1v) is 7.56. The number of hydrogen-bond acceptors (Lipinski definition) is 2. The van der Waals surface area contributed by atoms with Gasteiger partial charge in [0.1, 0.15) is 0 Å². The predicted octanol–water partition coefficient (Wildman–Crippen LogP) is 2.69. The monoisotopic (exact) mass is 252 g/mol. The average molecular weight is 252 g/mol. The van der Waals surface area contributed by atoms with E-state index in [1.165, 1.54) is 38.5 Å². The Morgan fingerprint density at radius 1 is 1.22 bits per heavy atom. The Morgan fingerprint density at radius 2 is 1.89 bits per heavy atom. The van der Waals surface area contributed by atoms with Crippen LogP contribution in [0.2, 0.25) is 0 Å². The summed E-state index contributed by atoms with van der Waals surface area (Å²) in [6.45, 7) is 4.98. The molecule has 0 aromatic rings. The van der Waals surface area contributed by atoms with Crippen LogP contribution in [0.3, 0.4) is 0 Å². The lowest BCUT2D eigenvalue weighted by Gasteiger charge is -2.44. The van der Waals surface area contributed by atoms with Gasteiger partial charge in [-0.1, -0.05) is 12.8 Å². The van der Waals surface area contributed by atoms with Gasteiger partial charge in [-0.25, -0.2) is 0 Å². The van der Waals surface area contributed by atoms with E-state index in [2.05, 4.69) is 4.90 Å². The Labute approximate surface area is 111 Å². The Bertz CT molecular complexity index is 293. The van der Waals surface area contributed by atoms with E-state index in [-0.39, 0.29) is 5.54 Å². The smallest absolute Gasteiger partial charge is 0.222 e. The molecule has 0 bridgehead atoms. The molecule has 2 unspecified atom stereocenters. The van der Waals surface area contributed by atoms with Crippen LogP contribution in [0.4, 0.5) is 0 Å². The Morgan fingerprint density at radius 3 is 2.61 bits per heavy atom. The number of amides is 1. The van der Waals surface area contributed by atoms with Crippen molar-refractivity contribution in [2.75, 3.05) is 6.54 Å². The summed E-state index contributed by atoms with van der Waals surface area (Å²) in [6.07, 6.45) is 9.15. The van der Waals surface area contributed by atoms with Crippen molar-refractivity contribution < 1.29 is 4.79 Å². The average Bonchev–Trinajstić information content (AvgIpc) is 2.34. The number of likely N-dealkylation sites (tertiary alicyclic amines) is 1. The maximum Gasteiger partial charge on any atom is 0.222 e. The van der Waals surface area contributed by atoms with Gasteiger partial charge in [0.25, 0.3) is 0 Å². The van der Waals surface area contributed by atoms with Crippen molar-refractivity contribution in [1.82, 2.24) is 4.90 Å². The van der Waals surface area contributed by atoms with Crippen molar-refractivity contribution >= 4 is 5.91 Å². The van der Waals surface area contributed by atoms with Crippen molar-refractivity contribution in [2.45, 2.75) is 76.8 Å². The summed E-state index contributed by atoms with van der Waals surface area (Å²) in [4.78, 5) is 14.5. The van der Waals surface area contributed by atoms with E-state index in [1.54, 1.807) is 0 Å². The van der Waals surface area contributed by atoms with Crippen LogP contribution >= 0.6 is 0 Å². The fraction of sp³-hybridized carbons (Fsp3) is 0.933. The molecule has 1 aliphatic heterocycles. The van der Waals surface area contributed by atoms with Gasteiger partial charge < -0.3 is 10.6 Å². The van der Waals surface area contributed by atoms with E-state index < -0.39 is 0 Å². The second kappa shape index (κ2) is 5.60. The second-order valence-electron chi connectivity index (χ2n) is 6.83. The van der Waals surface area contributed by atoms with Crippen LogP contribution in [0.15, 0.2) is 0 Å². The number of rotatable bonds is 3. The minimum atomic E-state index is -0.225. The minimum Gasteiger partial charge on any atom is -0.339 e. The molecule has 0 aromatic heterocycles. The third-order valence-corrected chi connectivity index (χ3v) is 4.55. The molecule has 2 fully saturated rings. The molecule has 18 heavy (non-hydrogen) atoms. The molecule has 1 saturated heterocycles. The minimum absolute atomic E-state index is 0.225. The molecule has 0 spiro atoms. The van der Waals surface area contributed by atoms with Gasteiger partial charge in [-0.2, -0.15) is 0 Å². The molecule has 1 aliphatic carbocycles. The summed E-state index contributed by atoms with van der Waals surface area (Å²) in [7, 11) is 0. The molecule has 104 valence electrons. The fourth-order valence-corrected chi connectivity index (χ4v) is 3.51. The third kappa shape index (κ3) is 3.47. The molecular weight excluding hydrogens is 224 g/mol. The van der Waals surface area contributed by atoms with Gasteiger partial charge in [-0.3, -0.25) is 4.79 Å². The van der Waals surface area contributed by atoms with Gasteiger partial charge in [-0.05, 0) is 51.9 Å². The number of carbonyl (C=O) groups excluding carboxylic acids is 1. The van der Waals surface area contributed by atoms with E-state index >= 15 is 0 Å². The fourth-order valence-electron chi connectivity index (χ4n) is 3.51. The first-order valence-electron chi connectivity index (χ1n) is 7.56. The molecule has 2 N–H and O–H groups in total. The largest absolute Gasteiger partial charge is 0.339 e. The molecule has 2 aliphatic rings. The molecule has 1 amide bonds. The molecule has 2 rings (SSSR count). The summed E-state index contributed by atoms with van der Waals surface area (Å²) in [5, 5.41) is 0. The predicted molar refractivity (Wildman–Crippen MR) is 74.2 cm³/mol. The van der Waals surface area contributed by atoms with E-state index in [4.69, 9.17) is 5.73 Å². The van der Waals surface area contributed by atoms with E-state index in [9.17, 15) is 4.79 Å². The molecule has 0 radical (unpaired) electrons. The van der Waals surface area contributed by atoms with Crippen LogP contribution < -0.4 is 5.73 Å². The summed E-state index contributed by atoms with van der Waals surface area (Å²) >= 11 is 0. The van der Waals surface area contributed by atoms with Crippen molar-refractivity contribution in [3.63, 3.8) is 0 Å². The Kier molecular flexibility index (Phi) is 4.31. The number of fused-ring (bicyclic) bond motifs is 1. The van der Waals surface area contributed by atoms with Gasteiger partial charge in [0.05, 0.1) is 0 Å². The SMILES string of the molecule is CC(C)(N)CCC(=O)N1CCCC2CCCCC21. The lowest BCUT2D eigenvalue weighted by molar-refractivity contribution is -0.137. The van der Waals surface area contributed by atoms with Crippen LogP contribution in [0.25, 0.3) is 0 Å². The summed E-state index contributed by atoms with van der Waals surface area (Å²) < 4.78 is 0. The van der Waals surface area contributed by atoms with Gasteiger partial charge >= 0.3 is 0 Å². The number of hydrogen-bond donors (Lipinski definition) is 1. The normalized spacial score (nSPS) is 28.9. The first-order chi connectivity index (χ1) is 8.47. The van der Waals surface area contributed by atoms with Crippen LogP contribution in [0.1, 0.15) is 65.2 Å². The Balaban J connectivity index is 1.91. The highest BCUT2D eigenvalue weighted by molar-refractivity contribution is 5.76. The van der Waals surface area contributed by atoms with E-state index in [0.29, 0.717) is 18.4 Å². The maximum absolute atomic E-state index is 12.4. The first kappa shape index (κ1) is 13.9. The summed E-state index contributed by atoms with van der Waals surface area (Å²) in [6, 6.07) is 0.542. The van der Waals surface area contributed by atoms with Crippen molar-refractivity contribution in [2.24, 2.45) is 11.7 Å². The summed E-state index contributed by atoms with van der Waals surface area (Å²) in [5.74, 6) is 1.12. The van der Waals surface area contributed by atoms with Crippen LogP contribution in [-0.2, 0) is 4.79 Å². The summed E-state index contributed by atoms with van der Waals surface area (Å²) in [5.41, 5.74) is 5.75. The molecule has 3 heteroatoms. The van der Waals surface area contributed by atoms with Crippen LogP contribution in [0, 0.1) is 5.92 Å². The van der Waals surface area contributed by atoms with Gasteiger partial charge in [0.2, 0.25) is 5.91 Å². The number of nitrogens with two attached hydrogens (primary N) is 1. The van der Waals surface area contributed by atoms with Crippen LogP contribution in [-0.4, -0.2) is 28.9 Å². The molecule has 1 heterocycles. The quantitative estimate of drug-likeness (QED) is 0.839. The molecule has 1 saturated carbocycles.